The van der Waals surface area contributed by atoms with Gasteiger partial charge in [0.15, 0.2) is 5.75 Å². The van der Waals surface area contributed by atoms with Crippen LogP contribution in [0.1, 0.15) is 25.3 Å². The predicted octanol–water partition coefficient (Wildman–Crippen LogP) is 3.73. The van der Waals surface area contributed by atoms with Crippen molar-refractivity contribution in [3.63, 3.8) is 0 Å². The van der Waals surface area contributed by atoms with Crippen LogP contribution in [0.5, 0.6) is 11.5 Å². The minimum Gasteiger partial charge on any atom is -0.508 e. The first-order valence-corrected chi connectivity index (χ1v) is 6.05. The summed E-state index contributed by atoms with van der Waals surface area (Å²) in [7, 11) is 1.39. The molecule has 0 atom stereocenters. The zero-order valence-electron chi connectivity index (χ0n) is 11.1. The van der Waals surface area contributed by atoms with Crippen molar-refractivity contribution in [3.8, 4) is 22.6 Å². The number of nitrogens with zero attached hydrogens (tertiary/aromatic N) is 1. The average molecular weight is 261 g/mol. The lowest BCUT2D eigenvalue weighted by atomic mass is 9.98. The first kappa shape index (κ1) is 13.3. The van der Waals surface area contributed by atoms with Crippen LogP contribution >= 0.6 is 0 Å². The molecule has 0 fully saturated rings. The molecular formula is C15H16FNO2. The Hall–Kier alpha value is -2.10. The third kappa shape index (κ3) is 2.67. The van der Waals surface area contributed by atoms with Crippen LogP contribution in [0.25, 0.3) is 11.1 Å². The highest BCUT2D eigenvalue weighted by atomic mass is 19.1. The number of hydrogen-bond acceptors (Lipinski definition) is 3. The van der Waals surface area contributed by atoms with Gasteiger partial charge < -0.3 is 9.84 Å². The summed E-state index contributed by atoms with van der Waals surface area (Å²) >= 11 is 0. The first-order valence-electron chi connectivity index (χ1n) is 6.05. The molecule has 0 spiro atoms. The standard InChI is InChI=1S/C15H16FNO2/c1-9(2)12-5-4-10(6-13(12)18)11-7-14(19-3)15(16)17-8-11/h4-9,18H,1-3H3. The molecule has 0 radical (unpaired) electrons. The Balaban J connectivity index is 2.45. The summed E-state index contributed by atoms with van der Waals surface area (Å²) in [5, 5.41) is 9.98. The summed E-state index contributed by atoms with van der Waals surface area (Å²) < 4.78 is 18.1. The van der Waals surface area contributed by atoms with Crippen molar-refractivity contribution in [1.82, 2.24) is 4.98 Å². The first-order chi connectivity index (χ1) is 9.02. The van der Waals surface area contributed by atoms with Crippen molar-refractivity contribution in [2.75, 3.05) is 7.11 Å². The maximum absolute atomic E-state index is 13.2. The topological polar surface area (TPSA) is 42.4 Å². The molecule has 1 aromatic carbocycles. The van der Waals surface area contributed by atoms with E-state index in [1.54, 1.807) is 12.1 Å². The van der Waals surface area contributed by atoms with E-state index in [1.165, 1.54) is 13.3 Å². The third-order valence-corrected chi connectivity index (χ3v) is 3.01. The summed E-state index contributed by atoms with van der Waals surface area (Å²) in [5.41, 5.74) is 2.35. The molecular weight excluding hydrogens is 245 g/mol. The van der Waals surface area contributed by atoms with Gasteiger partial charge in [-0.1, -0.05) is 26.0 Å². The molecule has 4 heteroatoms. The quantitative estimate of drug-likeness (QED) is 0.856. The molecule has 1 N–H and O–H groups in total. The van der Waals surface area contributed by atoms with E-state index < -0.39 is 5.95 Å². The molecule has 19 heavy (non-hydrogen) atoms. The van der Waals surface area contributed by atoms with Crippen molar-refractivity contribution in [3.05, 3.63) is 42.0 Å². The monoisotopic (exact) mass is 261 g/mol. The van der Waals surface area contributed by atoms with Crippen LogP contribution in [-0.4, -0.2) is 17.2 Å². The van der Waals surface area contributed by atoms with Crippen LogP contribution in [0.2, 0.25) is 0 Å². The van der Waals surface area contributed by atoms with Crippen molar-refractivity contribution in [2.24, 2.45) is 0 Å². The fourth-order valence-corrected chi connectivity index (χ4v) is 1.94. The SMILES string of the molecule is COc1cc(-c2ccc(C(C)C)c(O)c2)cnc1F. The smallest absolute Gasteiger partial charge is 0.255 e. The van der Waals surface area contributed by atoms with E-state index in [1.807, 2.05) is 26.0 Å². The Kier molecular flexibility index (Phi) is 3.69. The second kappa shape index (κ2) is 5.26. The number of phenols is 1. The normalized spacial score (nSPS) is 10.8. The van der Waals surface area contributed by atoms with Gasteiger partial charge in [0, 0.05) is 11.8 Å². The van der Waals surface area contributed by atoms with E-state index in [9.17, 15) is 9.50 Å². The number of halogens is 1. The van der Waals surface area contributed by atoms with Crippen molar-refractivity contribution < 1.29 is 14.2 Å². The molecule has 0 aliphatic heterocycles. The summed E-state index contributed by atoms with van der Waals surface area (Å²) in [6, 6.07) is 6.96. The summed E-state index contributed by atoms with van der Waals surface area (Å²) in [4.78, 5) is 3.64. The van der Waals surface area contributed by atoms with Gasteiger partial charge >= 0.3 is 0 Å². The van der Waals surface area contributed by atoms with Gasteiger partial charge in [-0.05, 0) is 29.2 Å². The highest BCUT2D eigenvalue weighted by molar-refractivity contribution is 5.66. The van der Waals surface area contributed by atoms with Crippen molar-refractivity contribution >= 4 is 0 Å². The van der Waals surface area contributed by atoms with Gasteiger partial charge in [0.2, 0.25) is 0 Å². The molecule has 0 amide bonds. The van der Waals surface area contributed by atoms with Gasteiger partial charge in [0.1, 0.15) is 5.75 Å². The molecule has 0 aliphatic rings. The molecule has 3 nitrogen and oxygen atoms in total. The van der Waals surface area contributed by atoms with Crippen molar-refractivity contribution in [2.45, 2.75) is 19.8 Å². The van der Waals surface area contributed by atoms with E-state index in [0.717, 1.165) is 11.1 Å². The van der Waals surface area contributed by atoms with Crippen LogP contribution in [0.15, 0.2) is 30.5 Å². The lowest BCUT2D eigenvalue weighted by Crippen LogP contribution is -1.93. The molecule has 0 unspecified atom stereocenters. The van der Waals surface area contributed by atoms with Crippen LogP contribution in [-0.2, 0) is 0 Å². The molecule has 0 saturated carbocycles. The summed E-state index contributed by atoms with van der Waals surface area (Å²) in [6.45, 7) is 4.02. The van der Waals surface area contributed by atoms with E-state index in [-0.39, 0.29) is 17.4 Å². The molecule has 1 heterocycles. The molecule has 2 aromatic rings. The number of ether oxygens (including phenoxy) is 1. The fraction of sp³-hybridized carbons (Fsp3) is 0.267. The van der Waals surface area contributed by atoms with Gasteiger partial charge in [-0.3, -0.25) is 0 Å². The second-order valence-electron chi connectivity index (χ2n) is 4.65. The Morgan fingerprint density at radius 2 is 1.95 bits per heavy atom. The highest BCUT2D eigenvalue weighted by Gasteiger charge is 2.10. The van der Waals surface area contributed by atoms with Crippen LogP contribution in [0, 0.1) is 5.95 Å². The largest absolute Gasteiger partial charge is 0.508 e. The summed E-state index contributed by atoms with van der Waals surface area (Å²) in [6.07, 6.45) is 1.42. The number of methoxy groups -OCH3 is 1. The lowest BCUT2D eigenvalue weighted by Gasteiger charge is -2.10. The van der Waals surface area contributed by atoms with E-state index in [4.69, 9.17) is 4.74 Å². The number of benzene rings is 1. The van der Waals surface area contributed by atoms with Gasteiger partial charge in [0.25, 0.3) is 5.95 Å². The number of aromatic hydroxyl groups is 1. The molecule has 1 aromatic heterocycles. The fourth-order valence-electron chi connectivity index (χ4n) is 1.94. The van der Waals surface area contributed by atoms with E-state index in [2.05, 4.69) is 4.98 Å². The second-order valence-corrected chi connectivity index (χ2v) is 4.65. The van der Waals surface area contributed by atoms with Gasteiger partial charge in [-0.15, -0.1) is 0 Å². The van der Waals surface area contributed by atoms with Crippen LogP contribution < -0.4 is 4.74 Å². The number of phenolic OH excluding ortho intramolecular Hbond substituents is 1. The zero-order chi connectivity index (χ0) is 14.0. The minimum absolute atomic E-state index is 0.0879. The van der Waals surface area contributed by atoms with Crippen LogP contribution in [0.4, 0.5) is 4.39 Å². The van der Waals surface area contributed by atoms with E-state index >= 15 is 0 Å². The lowest BCUT2D eigenvalue weighted by molar-refractivity contribution is 0.378. The maximum Gasteiger partial charge on any atom is 0.255 e. The third-order valence-electron chi connectivity index (χ3n) is 3.01. The Bertz CT molecular complexity index is 597. The van der Waals surface area contributed by atoms with Gasteiger partial charge in [-0.25, -0.2) is 4.98 Å². The van der Waals surface area contributed by atoms with Crippen molar-refractivity contribution in [1.29, 1.82) is 0 Å². The molecule has 0 aliphatic carbocycles. The number of pyridine rings is 1. The Labute approximate surface area is 111 Å². The van der Waals surface area contributed by atoms with E-state index in [0.29, 0.717) is 5.56 Å². The molecule has 100 valence electrons. The van der Waals surface area contributed by atoms with Gasteiger partial charge in [-0.2, -0.15) is 4.39 Å². The molecule has 0 saturated heterocycles. The average Bonchev–Trinajstić information content (AvgIpc) is 2.38. The number of aromatic nitrogens is 1. The van der Waals surface area contributed by atoms with Crippen LogP contribution in [0.3, 0.4) is 0 Å². The number of hydrogen-bond donors (Lipinski definition) is 1. The number of rotatable bonds is 3. The van der Waals surface area contributed by atoms with Gasteiger partial charge in [0.05, 0.1) is 7.11 Å². The minimum atomic E-state index is -0.644. The Morgan fingerprint density at radius 1 is 1.21 bits per heavy atom. The molecule has 0 bridgehead atoms. The maximum atomic E-state index is 13.2. The predicted molar refractivity (Wildman–Crippen MR) is 71.9 cm³/mol. The molecule has 2 rings (SSSR count). The summed E-state index contributed by atoms with van der Waals surface area (Å²) in [5.74, 6) is -0.0788. The Morgan fingerprint density at radius 3 is 2.53 bits per heavy atom. The highest BCUT2D eigenvalue weighted by Crippen LogP contribution is 2.32. The zero-order valence-corrected chi connectivity index (χ0v) is 11.1.